The topological polar surface area (TPSA) is 53.4 Å². The number of hydrogen-bond acceptors (Lipinski definition) is 3. The van der Waals surface area contributed by atoms with Gasteiger partial charge in [0.05, 0.1) is 5.60 Å². The van der Waals surface area contributed by atoms with Crippen molar-refractivity contribution in [1.82, 2.24) is 9.88 Å². The van der Waals surface area contributed by atoms with Crippen LogP contribution in [0.3, 0.4) is 0 Å². The first-order valence-electron chi connectivity index (χ1n) is 5.62. The number of halogens is 1. The van der Waals surface area contributed by atoms with Crippen molar-refractivity contribution in [2.75, 3.05) is 13.1 Å². The van der Waals surface area contributed by atoms with E-state index in [0.29, 0.717) is 23.9 Å². The van der Waals surface area contributed by atoms with Crippen LogP contribution >= 0.6 is 11.6 Å². The molecule has 1 aromatic rings. The summed E-state index contributed by atoms with van der Waals surface area (Å²) in [5.41, 5.74) is -0.470. The van der Waals surface area contributed by atoms with E-state index in [-0.39, 0.29) is 5.91 Å². The molecule has 5 heteroatoms. The van der Waals surface area contributed by atoms with Gasteiger partial charge in [-0.2, -0.15) is 0 Å². The molecule has 0 spiro atoms. The highest BCUT2D eigenvalue weighted by Gasteiger charge is 2.31. The molecule has 0 radical (unpaired) electrons. The summed E-state index contributed by atoms with van der Waals surface area (Å²) in [5.74, 6) is -0.174. The Kier molecular flexibility index (Phi) is 3.35. The van der Waals surface area contributed by atoms with Gasteiger partial charge in [0.1, 0.15) is 10.8 Å². The van der Waals surface area contributed by atoms with Crippen molar-refractivity contribution in [3.05, 3.63) is 29.0 Å². The predicted molar refractivity (Wildman–Crippen MR) is 65.0 cm³/mol. The molecule has 2 heterocycles. The number of carbonyl (C=O) groups excluding carboxylic acids is 1. The number of hydrogen-bond donors (Lipinski definition) is 1. The Labute approximate surface area is 105 Å². The molecule has 0 aromatic carbocycles. The molecule has 1 N–H and O–H groups in total. The summed E-state index contributed by atoms with van der Waals surface area (Å²) >= 11 is 5.75. The third-order valence-electron chi connectivity index (χ3n) is 2.90. The maximum atomic E-state index is 12.1. The summed E-state index contributed by atoms with van der Waals surface area (Å²) in [6.07, 6.45) is 1.53. The third-order valence-corrected chi connectivity index (χ3v) is 3.11. The molecule has 4 nitrogen and oxygen atoms in total. The number of pyridine rings is 1. The fourth-order valence-corrected chi connectivity index (χ4v) is 2.25. The second kappa shape index (κ2) is 4.63. The minimum atomic E-state index is -0.799. The zero-order chi connectivity index (χ0) is 12.5. The fourth-order valence-electron chi connectivity index (χ4n) is 2.08. The summed E-state index contributed by atoms with van der Waals surface area (Å²) < 4.78 is 0. The number of carbonyl (C=O) groups is 1. The highest BCUT2D eigenvalue weighted by Crippen LogP contribution is 2.21. The molecule has 1 unspecified atom stereocenters. The molecule has 1 saturated heterocycles. The first-order valence-corrected chi connectivity index (χ1v) is 6.00. The largest absolute Gasteiger partial charge is 0.388 e. The van der Waals surface area contributed by atoms with Crippen molar-refractivity contribution in [3.8, 4) is 0 Å². The van der Waals surface area contributed by atoms with Crippen LogP contribution in [0.25, 0.3) is 0 Å². The van der Waals surface area contributed by atoms with E-state index in [4.69, 9.17) is 11.6 Å². The van der Waals surface area contributed by atoms with Gasteiger partial charge in [0.25, 0.3) is 5.91 Å². The van der Waals surface area contributed by atoms with Crippen LogP contribution < -0.4 is 0 Å². The van der Waals surface area contributed by atoms with Gasteiger partial charge in [0.2, 0.25) is 0 Å². The molecule has 17 heavy (non-hydrogen) atoms. The summed E-state index contributed by atoms with van der Waals surface area (Å²) in [4.78, 5) is 17.7. The minimum absolute atomic E-state index is 0.174. The average molecular weight is 255 g/mol. The summed E-state index contributed by atoms with van der Waals surface area (Å²) in [5, 5.41) is 10.3. The van der Waals surface area contributed by atoms with E-state index < -0.39 is 5.60 Å². The highest BCUT2D eigenvalue weighted by atomic mass is 35.5. The van der Waals surface area contributed by atoms with Crippen LogP contribution in [-0.2, 0) is 0 Å². The number of aromatic nitrogens is 1. The first-order chi connectivity index (χ1) is 7.98. The molecule has 1 aliphatic rings. The second-order valence-corrected chi connectivity index (χ2v) is 5.06. The highest BCUT2D eigenvalue weighted by molar-refractivity contribution is 6.29. The maximum absolute atomic E-state index is 12.1. The van der Waals surface area contributed by atoms with E-state index >= 15 is 0 Å². The van der Waals surface area contributed by atoms with Crippen LogP contribution in [-0.4, -0.2) is 39.6 Å². The van der Waals surface area contributed by atoms with E-state index in [0.717, 1.165) is 12.8 Å². The van der Waals surface area contributed by atoms with Crippen molar-refractivity contribution >= 4 is 17.5 Å². The lowest BCUT2D eigenvalue weighted by molar-refractivity contribution is -0.0109. The number of β-amino-alcohol motifs (C(OH)–C–C–N with tert-alkyl or cyclic N) is 1. The number of amides is 1. The molecular weight excluding hydrogens is 240 g/mol. The van der Waals surface area contributed by atoms with Crippen molar-refractivity contribution in [1.29, 1.82) is 0 Å². The number of rotatable bonds is 1. The molecule has 0 bridgehead atoms. The zero-order valence-electron chi connectivity index (χ0n) is 9.69. The van der Waals surface area contributed by atoms with Gasteiger partial charge in [-0.15, -0.1) is 0 Å². The standard InChI is InChI=1S/C12H15ClN2O2/c1-12(17)6-3-7-15(8-12)11(16)9-4-2-5-10(13)14-9/h2,4-5,17H,3,6-8H2,1H3. The van der Waals surface area contributed by atoms with Gasteiger partial charge in [0.15, 0.2) is 0 Å². The molecule has 0 aliphatic carbocycles. The fraction of sp³-hybridized carbons (Fsp3) is 0.500. The van der Waals surface area contributed by atoms with Gasteiger partial charge in [-0.3, -0.25) is 4.79 Å². The number of likely N-dealkylation sites (tertiary alicyclic amines) is 1. The van der Waals surface area contributed by atoms with Gasteiger partial charge in [-0.1, -0.05) is 17.7 Å². The van der Waals surface area contributed by atoms with Gasteiger partial charge >= 0.3 is 0 Å². The average Bonchev–Trinajstić information content (AvgIpc) is 2.26. The second-order valence-electron chi connectivity index (χ2n) is 4.67. The lowest BCUT2D eigenvalue weighted by Gasteiger charge is -2.36. The predicted octanol–water partition coefficient (Wildman–Crippen LogP) is 1.72. The first kappa shape index (κ1) is 12.3. The molecule has 2 rings (SSSR count). The number of nitrogens with zero attached hydrogens (tertiary/aromatic N) is 2. The van der Waals surface area contributed by atoms with Gasteiger partial charge < -0.3 is 10.0 Å². The molecular formula is C12H15ClN2O2. The zero-order valence-corrected chi connectivity index (χ0v) is 10.4. The van der Waals surface area contributed by atoms with E-state index in [1.807, 2.05) is 0 Å². The van der Waals surface area contributed by atoms with Crippen molar-refractivity contribution in [3.63, 3.8) is 0 Å². The number of aliphatic hydroxyl groups is 1. The van der Waals surface area contributed by atoms with Gasteiger partial charge in [-0.05, 0) is 31.9 Å². The smallest absolute Gasteiger partial charge is 0.272 e. The molecule has 1 fully saturated rings. The third kappa shape index (κ3) is 2.96. The Morgan fingerprint density at radius 1 is 1.59 bits per heavy atom. The Hall–Kier alpha value is -1.13. The van der Waals surface area contributed by atoms with Crippen LogP contribution in [0.15, 0.2) is 18.2 Å². The van der Waals surface area contributed by atoms with Crippen LogP contribution in [0.4, 0.5) is 0 Å². The minimum Gasteiger partial charge on any atom is -0.388 e. The van der Waals surface area contributed by atoms with Crippen LogP contribution in [0.5, 0.6) is 0 Å². The number of piperidine rings is 1. The molecule has 1 atom stereocenters. The Balaban J connectivity index is 2.15. The maximum Gasteiger partial charge on any atom is 0.272 e. The van der Waals surface area contributed by atoms with Crippen LogP contribution in [0, 0.1) is 0 Å². The lowest BCUT2D eigenvalue weighted by Crippen LogP contribution is -2.48. The van der Waals surface area contributed by atoms with Crippen molar-refractivity contribution < 1.29 is 9.90 Å². The molecule has 1 aliphatic heterocycles. The van der Waals surface area contributed by atoms with E-state index in [9.17, 15) is 9.90 Å². The normalized spacial score (nSPS) is 24.8. The Morgan fingerprint density at radius 2 is 2.35 bits per heavy atom. The SMILES string of the molecule is CC1(O)CCCN(C(=O)c2cccc(Cl)n2)C1. The summed E-state index contributed by atoms with van der Waals surface area (Å²) in [6, 6.07) is 4.97. The Bertz CT molecular complexity index is 434. The lowest BCUT2D eigenvalue weighted by atomic mass is 9.95. The van der Waals surface area contributed by atoms with Crippen molar-refractivity contribution in [2.24, 2.45) is 0 Å². The van der Waals surface area contributed by atoms with Gasteiger partial charge in [-0.25, -0.2) is 4.98 Å². The summed E-state index contributed by atoms with van der Waals surface area (Å²) in [6.45, 7) is 2.75. The quantitative estimate of drug-likeness (QED) is 0.777. The molecule has 1 aromatic heterocycles. The van der Waals surface area contributed by atoms with E-state index in [1.54, 1.807) is 30.0 Å². The molecule has 92 valence electrons. The summed E-state index contributed by atoms with van der Waals surface area (Å²) in [7, 11) is 0. The molecule has 0 saturated carbocycles. The van der Waals surface area contributed by atoms with Crippen LogP contribution in [0.2, 0.25) is 5.15 Å². The van der Waals surface area contributed by atoms with Gasteiger partial charge in [0, 0.05) is 13.1 Å². The Morgan fingerprint density at radius 3 is 3.00 bits per heavy atom. The molecule has 1 amide bonds. The van der Waals surface area contributed by atoms with E-state index in [1.165, 1.54) is 0 Å². The monoisotopic (exact) mass is 254 g/mol. The van der Waals surface area contributed by atoms with Crippen LogP contribution in [0.1, 0.15) is 30.3 Å². The van der Waals surface area contributed by atoms with Crippen molar-refractivity contribution in [2.45, 2.75) is 25.4 Å². The van der Waals surface area contributed by atoms with E-state index in [2.05, 4.69) is 4.98 Å².